The Labute approximate surface area is 411 Å². The van der Waals surface area contributed by atoms with Crippen LogP contribution < -0.4 is 0 Å². The number of hydrogen-bond acceptors (Lipinski definition) is 1. The van der Waals surface area contributed by atoms with Gasteiger partial charge in [0.2, 0.25) is 0 Å². The van der Waals surface area contributed by atoms with Gasteiger partial charge in [-0.1, -0.05) is 189 Å². The van der Waals surface area contributed by atoms with Crippen molar-refractivity contribution in [3.05, 3.63) is 274 Å². The molecule has 70 heavy (non-hydrogen) atoms. The molecule has 0 saturated heterocycles. The molecule has 2 heterocycles. The predicted molar refractivity (Wildman–Crippen MR) is 295 cm³/mol. The Balaban J connectivity index is 0.862. The maximum absolute atomic E-state index is 5.80. The van der Waals surface area contributed by atoms with E-state index in [1.165, 1.54) is 99.8 Å². The van der Waals surface area contributed by atoms with Gasteiger partial charge in [-0.3, -0.25) is 4.99 Å². The number of benzene rings is 6. The lowest BCUT2D eigenvalue weighted by Crippen LogP contribution is -2.32. The highest BCUT2D eigenvalue weighted by molar-refractivity contribution is 6.03. The van der Waals surface area contributed by atoms with Crippen LogP contribution in [-0.4, -0.2) is 16.3 Å². The van der Waals surface area contributed by atoms with E-state index < -0.39 is 0 Å². The molecule has 6 aromatic carbocycles. The second-order valence-corrected chi connectivity index (χ2v) is 20.4. The van der Waals surface area contributed by atoms with E-state index in [1.54, 1.807) is 0 Å². The first-order chi connectivity index (χ1) is 34.6. The maximum Gasteiger partial charge on any atom is 0.0785 e. The van der Waals surface area contributed by atoms with Crippen LogP contribution in [0.1, 0.15) is 75.9 Å². The van der Waals surface area contributed by atoms with Gasteiger partial charge >= 0.3 is 0 Å². The minimum absolute atomic E-state index is 0.100. The van der Waals surface area contributed by atoms with E-state index in [0.29, 0.717) is 11.8 Å². The Morgan fingerprint density at radius 3 is 2.37 bits per heavy atom. The summed E-state index contributed by atoms with van der Waals surface area (Å²) in [5.41, 5.74) is 21.3. The first-order valence-corrected chi connectivity index (χ1v) is 25.5. The number of aliphatic imine (C=N–C) groups is 1. The summed E-state index contributed by atoms with van der Waals surface area (Å²) in [5, 5.41) is 5.10. The van der Waals surface area contributed by atoms with Crippen molar-refractivity contribution >= 4 is 45.0 Å². The Morgan fingerprint density at radius 2 is 1.43 bits per heavy atom. The molecule has 0 fully saturated rings. The van der Waals surface area contributed by atoms with Gasteiger partial charge in [-0.2, -0.15) is 0 Å². The minimum atomic E-state index is -0.112. The van der Waals surface area contributed by atoms with Gasteiger partial charge in [0, 0.05) is 53.1 Å². The largest absolute Gasteiger partial charge is 0.310 e. The lowest BCUT2D eigenvalue weighted by Gasteiger charge is -2.38. The highest BCUT2D eigenvalue weighted by Gasteiger charge is 2.38. The van der Waals surface area contributed by atoms with Crippen molar-refractivity contribution in [2.24, 2.45) is 22.7 Å². The van der Waals surface area contributed by atoms with E-state index in [2.05, 4.69) is 223 Å². The summed E-state index contributed by atoms with van der Waals surface area (Å²) < 4.78 is 2.55. The van der Waals surface area contributed by atoms with Crippen molar-refractivity contribution < 1.29 is 0 Å². The molecule has 336 valence electrons. The molecule has 0 N–H and O–H groups in total. The van der Waals surface area contributed by atoms with Crippen molar-refractivity contribution in [2.75, 3.05) is 0 Å². The van der Waals surface area contributed by atoms with E-state index in [0.717, 1.165) is 43.4 Å². The van der Waals surface area contributed by atoms with E-state index in [1.807, 2.05) is 0 Å². The fourth-order valence-corrected chi connectivity index (χ4v) is 13.1. The van der Waals surface area contributed by atoms with Crippen molar-refractivity contribution in [1.82, 2.24) is 4.57 Å². The van der Waals surface area contributed by atoms with Crippen molar-refractivity contribution in [1.29, 1.82) is 0 Å². The zero-order valence-electron chi connectivity index (χ0n) is 39.4. The van der Waals surface area contributed by atoms with Crippen LogP contribution in [0.2, 0.25) is 0 Å². The molecule has 0 bridgehead atoms. The summed E-state index contributed by atoms with van der Waals surface area (Å²) in [6.45, 7) is 4.95. The van der Waals surface area contributed by atoms with Gasteiger partial charge in [0.15, 0.2) is 0 Å². The van der Waals surface area contributed by atoms with Crippen molar-refractivity contribution in [2.45, 2.75) is 50.0 Å². The molecule has 6 atom stereocenters. The number of fused-ring (bicyclic) bond motifs is 11. The minimum Gasteiger partial charge on any atom is -0.310 e. The number of allylic oxidation sites excluding steroid dienone is 15. The summed E-state index contributed by atoms with van der Waals surface area (Å²) >= 11 is 0. The molecule has 0 radical (unpaired) electrons. The monoisotopic (exact) mass is 898 g/mol. The SMILES string of the molecule is C=C1C/C(c2ccc3ccccc3c2)=C\C/C(c2ccccc2)=N\C1C1C=C(C2Cc3cc4cc(-n5c6c(c7c5C=CC5C=CC=CC75)CCC=C6)ccc4cc3-c3ccccc32)C=C2C=CC=CC21. The maximum atomic E-state index is 5.80. The third-order valence-corrected chi connectivity index (χ3v) is 16.5. The van der Waals surface area contributed by atoms with E-state index in [9.17, 15) is 0 Å². The molecule has 7 aliphatic rings. The number of nitrogens with zero attached hydrogens (tertiary/aromatic N) is 2. The van der Waals surface area contributed by atoms with Gasteiger partial charge in [0.1, 0.15) is 0 Å². The van der Waals surface area contributed by atoms with Gasteiger partial charge in [-0.25, -0.2) is 0 Å². The summed E-state index contributed by atoms with van der Waals surface area (Å²) in [4.78, 5) is 5.80. The average molecular weight is 899 g/mol. The zero-order valence-corrected chi connectivity index (χ0v) is 39.4. The van der Waals surface area contributed by atoms with Crippen LogP contribution >= 0.6 is 0 Å². The normalized spacial score (nSPS) is 25.2. The molecular weight excluding hydrogens is 845 g/mol. The average Bonchev–Trinajstić information content (AvgIpc) is 3.76. The fourth-order valence-electron chi connectivity index (χ4n) is 13.1. The van der Waals surface area contributed by atoms with Crippen LogP contribution in [0, 0.1) is 17.8 Å². The number of hydrogen-bond donors (Lipinski definition) is 0. The third-order valence-electron chi connectivity index (χ3n) is 16.5. The van der Waals surface area contributed by atoms with Crippen LogP contribution in [0.3, 0.4) is 0 Å². The van der Waals surface area contributed by atoms with Crippen molar-refractivity contribution in [3.8, 4) is 16.8 Å². The molecule has 6 unspecified atom stereocenters. The van der Waals surface area contributed by atoms with Crippen LogP contribution in [-0.2, 0) is 12.8 Å². The zero-order chi connectivity index (χ0) is 46.3. The third kappa shape index (κ3) is 6.87. The number of aromatic nitrogens is 1. The molecule has 0 saturated carbocycles. The van der Waals surface area contributed by atoms with Gasteiger partial charge in [-0.15, -0.1) is 0 Å². The highest BCUT2D eigenvalue weighted by atomic mass is 15.0. The van der Waals surface area contributed by atoms with E-state index in [4.69, 9.17) is 11.6 Å². The van der Waals surface area contributed by atoms with Crippen LogP contribution in [0.5, 0.6) is 0 Å². The molecule has 2 nitrogen and oxygen atoms in total. The topological polar surface area (TPSA) is 17.3 Å². The summed E-state index contributed by atoms with van der Waals surface area (Å²) in [6.07, 6.45) is 40.2. The first kappa shape index (κ1) is 41.2. The molecule has 1 aliphatic heterocycles. The Kier molecular flexibility index (Phi) is 9.83. The van der Waals surface area contributed by atoms with E-state index in [-0.39, 0.29) is 23.8 Å². The highest BCUT2D eigenvalue weighted by Crippen LogP contribution is 2.50. The summed E-state index contributed by atoms with van der Waals surface area (Å²) in [5.74, 6) is 1.30. The van der Waals surface area contributed by atoms with Crippen molar-refractivity contribution in [3.63, 3.8) is 0 Å². The molecule has 6 aliphatic carbocycles. The van der Waals surface area contributed by atoms with Gasteiger partial charge < -0.3 is 4.57 Å². The first-order valence-electron chi connectivity index (χ1n) is 25.5. The second kappa shape index (κ2) is 16.7. The predicted octanol–water partition coefficient (Wildman–Crippen LogP) is 16.4. The summed E-state index contributed by atoms with van der Waals surface area (Å²) in [6, 6.07) is 47.7. The Morgan fingerprint density at radius 1 is 0.614 bits per heavy atom. The quantitative estimate of drug-likeness (QED) is 0.153. The molecule has 2 heteroatoms. The lowest BCUT2D eigenvalue weighted by atomic mass is 9.67. The van der Waals surface area contributed by atoms with Crippen LogP contribution in [0.15, 0.2) is 235 Å². The molecule has 14 rings (SSSR count). The Bertz CT molecular complexity index is 3680. The standard InChI is InChI=1S/C68H54N2/c1-43-35-48(49-28-27-44-15-5-6-19-47(44)36-49)30-33-64(46-17-3-2-4-18-46)69-68(43)63-42-53(37-51-20-8-9-21-56(51)63)62-41-54-38-52-39-55(32-29-50(52)40-61(54)58-23-11-12-24-59(58)62)70-65-26-14-13-25-60(65)67-57-22-10-7-16-45(57)31-34-66(67)70/h2-12,14-24,26-32,34,36-40,42,45,56-57,62-63,68H,1,13,25,33,35,41H2/b48-30+,69-64+. The van der Waals surface area contributed by atoms with Crippen LogP contribution in [0.4, 0.5) is 0 Å². The van der Waals surface area contributed by atoms with Gasteiger partial charge in [0.05, 0.1) is 11.7 Å². The molecule has 7 aromatic rings. The van der Waals surface area contributed by atoms with Gasteiger partial charge in [0.25, 0.3) is 0 Å². The smallest absolute Gasteiger partial charge is 0.0785 e. The summed E-state index contributed by atoms with van der Waals surface area (Å²) in [7, 11) is 0. The fraction of sp³-hybridized carbons (Fsp3) is 0.162. The molecule has 0 spiro atoms. The molecule has 0 amide bonds. The Hall–Kier alpha value is -7.81. The molecular formula is C68H54N2. The van der Waals surface area contributed by atoms with E-state index >= 15 is 0 Å². The molecule has 1 aromatic heterocycles. The second-order valence-electron chi connectivity index (χ2n) is 20.4. The lowest BCUT2D eigenvalue weighted by molar-refractivity contribution is 0.460. The number of rotatable bonds is 5. The van der Waals surface area contributed by atoms with Crippen LogP contribution in [0.25, 0.3) is 56.1 Å². The van der Waals surface area contributed by atoms with Gasteiger partial charge in [-0.05, 0) is 150 Å².